The molecule has 0 amide bonds. The topological polar surface area (TPSA) is 43.8 Å². The molecule has 0 aliphatic rings. The highest BCUT2D eigenvalue weighted by Crippen LogP contribution is 1.98. The van der Waals surface area contributed by atoms with Gasteiger partial charge in [0, 0.05) is 12.7 Å². The molecule has 0 fully saturated rings. The minimum absolute atomic E-state index is 0.688. The van der Waals surface area contributed by atoms with Gasteiger partial charge in [0.1, 0.15) is 0 Å². The van der Waals surface area contributed by atoms with E-state index >= 15 is 0 Å². The number of hydrogen-bond acceptors (Lipinski definition) is 2. The Morgan fingerprint density at radius 1 is 1.67 bits per heavy atom. The van der Waals surface area contributed by atoms with Crippen molar-refractivity contribution in [2.75, 3.05) is 6.54 Å². The molecule has 0 aliphatic heterocycles. The van der Waals surface area contributed by atoms with E-state index in [0.717, 1.165) is 19.4 Å². The van der Waals surface area contributed by atoms with Crippen molar-refractivity contribution >= 4 is 0 Å². The smallest absolute Gasteiger partial charge is 0.0522 e. The first kappa shape index (κ1) is 9.00. The molecule has 1 aromatic rings. The Hall–Kier alpha value is -1.09. The highest BCUT2D eigenvalue weighted by molar-refractivity contribution is 5.04. The SMILES string of the molecule is C=CCCn1cc(CCN)cn1. The van der Waals surface area contributed by atoms with Crippen LogP contribution in [0.5, 0.6) is 0 Å². The quantitative estimate of drug-likeness (QED) is 0.660. The van der Waals surface area contributed by atoms with Crippen molar-refractivity contribution < 1.29 is 0 Å². The zero-order valence-electron chi connectivity index (χ0n) is 7.24. The third-order valence-electron chi connectivity index (χ3n) is 1.68. The number of nitrogens with two attached hydrogens (primary N) is 1. The van der Waals surface area contributed by atoms with Gasteiger partial charge < -0.3 is 5.73 Å². The summed E-state index contributed by atoms with van der Waals surface area (Å²) in [4.78, 5) is 0. The van der Waals surface area contributed by atoms with Crippen LogP contribution in [0, 0.1) is 0 Å². The molecule has 1 rings (SSSR count). The van der Waals surface area contributed by atoms with E-state index in [1.165, 1.54) is 5.56 Å². The average molecular weight is 165 g/mol. The van der Waals surface area contributed by atoms with Gasteiger partial charge in [0.2, 0.25) is 0 Å². The minimum atomic E-state index is 0.688. The Bertz CT molecular complexity index is 240. The number of aromatic nitrogens is 2. The summed E-state index contributed by atoms with van der Waals surface area (Å²) in [6.45, 7) is 5.26. The lowest BCUT2D eigenvalue weighted by molar-refractivity contribution is 0.623. The number of aryl methyl sites for hydroxylation is 1. The van der Waals surface area contributed by atoms with Gasteiger partial charge in [0.05, 0.1) is 6.20 Å². The Morgan fingerprint density at radius 2 is 2.50 bits per heavy atom. The van der Waals surface area contributed by atoms with Gasteiger partial charge in [-0.05, 0) is 24.9 Å². The first-order chi connectivity index (χ1) is 5.86. The van der Waals surface area contributed by atoms with Crippen LogP contribution < -0.4 is 5.73 Å². The summed E-state index contributed by atoms with van der Waals surface area (Å²) in [6.07, 6.45) is 7.68. The normalized spacial score (nSPS) is 10.1. The minimum Gasteiger partial charge on any atom is -0.330 e. The molecular formula is C9H15N3. The van der Waals surface area contributed by atoms with Gasteiger partial charge in [0.25, 0.3) is 0 Å². The lowest BCUT2D eigenvalue weighted by atomic mass is 10.3. The third-order valence-corrected chi connectivity index (χ3v) is 1.68. The van der Waals surface area contributed by atoms with E-state index in [4.69, 9.17) is 5.73 Å². The first-order valence-corrected chi connectivity index (χ1v) is 4.19. The van der Waals surface area contributed by atoms with Crippen molar-refractivity contribution in [1.82, 2.24) is 9.78 Å². The van der Waals surface area contributed by atoms with Crippen LogP contribution in [-0.4, -0.2) is 16.3 Å². The molecule has 0 spiro atoms. The summed E-state index contributed by atoms with van der Waals surface area (Å²) in [6, 6.07) is 0. The maximum atomic E-state index is 5.42. The fourth-order valence-electron chi connectivity index (χ4n) is 1.05. The summed E-state index contributed by atoms with van der Waals surface area (Å²) >= 11 is 0. The van der Waals surface area contributed by atoms with Crippen molar-refractivity contribution in [3.63, 3.8) is 0 Å². The lowest BCUT2D eigenvalue weighted by Gasteiger charge is -1.95. The standard InChI is InChI=1S/C9H15N3/c1-2-3-6-12-8-9(4-5-10)7-11-12/h2,7-8H,1,3-6,10H2. The zero-order valence-corrected chi connectivity index (χ0v) is 7.24. The molecule has 12 heavy (non-hydrogen) atoms. The van der Waals surface area contributed by atoms with E-state index in [9.17, 15) is 0 Å². The predicted octanol–water partition coefficient (Wildman–Crippen LogP) is 0.960. The maximum absolute atomic E-state index is 5.42. The predicted molar refractivity (Wildman–Crippen MR) is 49.8 cm³/mol. The van der Waals surface area contributed by atoms with Gasteiger partial charge in [-0.1, -0.05) is 6.08 Å². The largest absolute Gasteiger partial charge is 0.330 e. The molecule has 0 saturated heterocycles. The van der Waals surface area contributed by atoms with Crippen molar-refractivity contribution in [1.29, 1.82) is 0 Å². The molecule has 1 aromatic heterocycles. The van der Waals surface area contributed by atoms with E-state index in [-0.39, 0.29) is 0 Å². The molecule has 2 N–H and O–H groups in total. The molecule has 0 aromatic carbocycles. The van der Waals surface area contributed by atoms with Gasteiger partial charge in [-0.2, -0.15) is 5.10 Å². The monoisotopic (exact) mass is 165 g/mol. The van der Waals surface area contributed by atoms with E-state index < -0.39 is 0 Å². The van der Waals surface area contributed by atoms with Gasteiger partial charge in [-0.3, -0.25) is 4.68 Å². The Labute approximate surface area is 72.9 Å². The molecule has 0 radical (unpaired) electrons. The molecule has 66 valence electrons. The number of hydrogen-bond donors (Lipinski definition) is 1. The number of rotatable bonds is 5. The van der Waals surface area contributed by atoms with Gasteiger partial charge >= 0.3 is 0 Å². The molecule has 0 unspecified atom stereocenters. The van der Waals surface area contributed by atoms with Crippen LogP contribution >= 0.6 is 0 Å². The van der Waals surface area contributed by atoms with E-state index in [1.54, 1.807) is 0 Å². The number of nitrogens with zero attached hydrogens (tertiary/aromatic N) is 2. The van der Waals surface area contributed by atoms with Crippen LogP contribution in [0.25, 0.3) is 0 Å². The van der Waals surface area contributed by atoms with Crippen LogP contribution in [0.3, 0.4) is 0 Å². The van der Waals surface area contributed by atoms with Crippen LogP contribution in [-0.2, 0) is 13.0 Å². The molecule has 3 heteroatoms. The summed E-state index contributed by atoms with van der Waals surface area (Å²) in [5.41, 5.74) is 6.63. The first-order valence-electron chi connectivity index (χ1n) is 4.19. The fourth-order valence-corrected chi connectivity index (χ4v) is 1.05. The van der Waals surface area contributed by atoms with Crippen LogP contribution in [0.15, 0.2) is 25.0 Å². The second-order valence-electron chi connectivity index (χ2n) is 2.73. The molecule has 3 nitrogen and oxygen atoms in total. The van der Waals surface area contributed by atoms with E-state index in [0.29, 0.717) is 6.54 Å². The Balaban J connectivity index is 2.46. The van der Waals surface area contributed by atoms with Gasteiger partial charge in [-0.15, -0.1) is 6.58 Å². The molecule has 0 atom stereocenters. The third kappa shape index (κ3) is 2.51. The Kier molecular flexibility index (Phi) is 3.54. The van der Waals surface area contributed by atoms with Crippen molar-refractivity contribution in [3.8, 4) is 0 Å². The van der Waals surface area contributed by atoms with Crippen molar-refractivity contribution in [2.45, 2.75) is 19.4 Å². The second kappa shape index (κ2) is 4.72. The molecule has 0 aliphatic carbocycles. The summed E-state index contributed by atoms with van der Waals surface area (Å²) in [5, 5.41) is 4.19. The van der Waals surface area contributed by atoms with Gasteiger partial charge in [0.15, 0.2) is 0 Å². The number of allylic oxidation sites excluding steroid dienone is 1. The van der Waals surface area contributed by atoms with Crippen LogP contribution in [0.4, 0.5) is 0 Å². The molecule has 0 saturated carbocycles. The average Bonchev–Trinajstić information content (AvgIpc) is 2.50. The zero-order chi connectivity index (χ0) is 8.81. The molecular weight excluding hydrogens is 150 g/mol. The van der Waals surface area contributed by atoms with E-state index in [1.807, 2.05) is 23.2 Å². The molecule has 1 heterocycles. The molecule has 0 bridgehead atoms. The van der Waals surface area contributed by atoms with Crippen LogP contribution in [0.1, 0.15) is 12.0 Å². The van der Waals surface area contributed by atoms with Gasteiger partial charge in [-0.25, -0.2) is 0 Å². The fraction of sp³-hybridized carbons (Fsp3) is 0.444. The van der Waals surface area contributed by atoms with Crippen LogP contribution in [0.2, 0.25) is 0 Å². The summed E-state index contributed by atoms with van der Waals surface area (Å²) in [7, 11) is 0. The highest BCUT2D eigenvalue weighted by Gasteiger charge is 1.95. The summed E-state index contributed by atoms with van der Waals surface area (Å²) < 4.78 is 1.92. The lowest BCUT2D eigenvalue weighted by Crippen LogP contribution is -2.01. The highest BCUT2D eigenvalue weighted by atomic mass is 15.3. The van der Waals surface area contributed by atoms with Crippen molar-refractivity contribution in [3.05, 3.63) is 30.6 Å². The van der Waals surface area contributed by atoms with E-state index in [2.05, 4.69) is 11.7 Å². The second-order valence-corrected chi connectivity index (χ2v) is 2.73. The Morgan fingerprint density at radius 3 is 3.17 bits per heavy atom. The van der Waals surface area contributed by atoms with Crippen molar-refractivity contribution in [2.24, 2.45) is 5.73 Å². The summed E-state index contributed by atoms with van der Waals surface area (Å²) in [5.74, 6) is 0. The maximum Gasteiger partial charge on any atom is 0.0522 e.